The smallest absolute Gasteiger partial charge is 0.271 e. The van der Waals surface area contributed by atoms with E-state index >= 15 is 0 Å². The molecule has 18 heavy (non-hydrogen) atoms. The maximum absolute atomic E-state index is 10.6. The Bertz CT molecular complexity index is 542. The molecule has 0 unspecified atom stereocenters. The van der Waals surface area contributed by atoms with Crippen LogP contribution >= 0.6 is 11.6 Å². The van der Waals surface area contributed by atoms with Gasteiger partial charge in [-0.1, -0.05) is 11.6 Å². The molecular formula is C11H11ClN4O2. The molecule has 0 spiro atoms. The summed E-state index contributed by atoms with van der Waals surface area (Å²) in [6.07, 6.45) is 5.29. The van der Waals surface area contributed by atoms with Gasteiger partial charge in [0.1, 0.15) is 0 Å². The van der Waals surface area contributed by atoms with Crippen LogP contribution in [0.15, 0.2) is 36.9 Å². The molecule has 0 fully saturated rings. The second-order valence-electron chi connectivity index (χ2n) is 3.65. The van der Waals surface area contributed by atoms with E-state index in [1.54, 1.807) is 18.6 Å². The number of non-ortho nitro benzene ring substituents is 1. The van der Waals surface area contributed by atoms with Crippen molar-refractivity contribution in [3.8, 4) is 0 Å². The molecule has 2 rings (SSSR count). The molecule has 1 aromatic heterocycles. The highest BCUT2D eigenvalue weighted by Gasteiger charge is 2.08. The summed E-state index contributed by atoms with van der Waals surface area (Å²) in [5.41, 5.74) is 0.669. The minimum atomic E-state index is -0.471. The van der Waals surface area contributed by atoms with Gasteiger partial charge in [-0.05, 0) is 6.07 Å². The lowest BCUT2D eigenvalue weighted by Gasteiger charge is -2.08. The number of nitrogens with one attached hydrogen (secondary N) is 1. The zero-order valence-corrected chi connectivity index (χ0v) is 10.2. The van der Waals surface area contributed by atoms with Crippen LogP contribution in [0.1, 0.15) is 0 Å². The third kappa shape index (κ3) is 2.98. The van der Waals surface area contributed by atoms with Crippen molar-refractivity contribution < 1.29 is 4.92 Å². The first kappa shape index (κ1) is 12.4. The second-order valence-corrected chi connectivity index (χ2v) is 4.06. The largest absolute Gasteiger partial charge is 0.382 e. The van der Waals surface area contributed by atoms with E-state index in [9.17, 15) is 10.1 Å². The Morgan fingerprint density at radius 2 is 2.33 bits per heavy atom. The predicted octanol–water partition coefficient (Wildman–Crippen LogP) is 2.56. The SMILES string of the molecule is O=[N+]([O-])c1ccc(NCCn2ccnc2)c(Cl)c1. The summed E-state index contributed by atoms with van der Waals surface area (Å²) >= 11 is 5.95. The van der Waals surface area contributed by atoms with Crippen LogP contribution in [0.25, 0.3) is 0 Å². The van der Waals surface area contributed by atoms with Crippen molar-refractivity contribution in [3.05, 3.63) is 52.1 Å². The Morgan fingerprint density at radius 3 is 2.94 bits per heavy atom. The molecule has 1 N–H and O–H groups in total. The summed E-state index contributed by atoms with van der Waals surface area (Å²) in [6, 6.07) is 4.36. The molecule has 0 radical (unpaired) electrons. The lowest BCUT2D eigenvalue weighted by atomic mass is 10.3. The van der Waals surface area contributed by atoms with Gasteiger partial charge in [0, 0.05) is 37.6 Å². The lowest BCUT2D eigenvalue weighted by Crippen LogP contribution is -2.09. The van der Waals surface area contributed by atoms with E-state index in [1.165, 1.54) is 12.1 Å². The van der Waals surface area contributed by atoms with Crippen LogP contribution < -0.4 is 5.32 Å². The zero-order chi connectivity index (χ0) is 13.0. The number of nitrogens with zero attached hydrogens (tertiary/aromatic N) is 3. The van der Waals surface area contributed by atoms with Crippen LogP contribution in [0, 0.1) is 10.1 Å². The number of aromatic nitrogens is 2. The molecule has 0 aliphatic rings. The van der Waals surface area contributed by atoms with E-state index in [-0.39, 0.29) is 5.69 Å². The van der Waals surface area contributed by atoms with E-state index in [4.69, 9.17) is 11.6 Å². The molecule has 94 valence electrons. The summed E-state index contributed by atoms with van der Waals surface area (Å²) < 4.78 is 1.92. The van der Waals surface area contributed by atoms with Crippen LogP contribution in [0.4, 0.5) is 11.4 Å². The molecule has 0 aliphatic heterocycles. The minimum Gasteiger partial charge on any atom is -0.382 e. The van der Waals surface area contributed by atoms with Crippen molar-refractivity contribution in [2.24, 2.45) is 0 Å². The average Bonchev–Trinajstić information content (AvgIpc) is 2.84. The van der Waals surface area contributed by atoms with E-state index < -0.39 is 4.92 Å². The fourth-order valence-corrected chi connectivity index (χ4v) is 1.74. The maximum Gasteiger partial charge on any atom is 0.271 e. The Hall–Kier alpha value is -2.08. The highest BCUT2D eigenvalue weighted by atomic mass is 35.5. The number of hydrogen-bond donors (Lipinski definition) is 1. The molecule has 0 aliphatic carbocycles. The molecule has 7 heteroatoms. The first-order valence-electron chi connectivity index (χ1n) is 5.30. The van der Waals surface area contributed by atoms with Crippen LogP contribution in [-0.4, -0.2) is 21.0 Å². The summed E-state index contributed by atoms with van der Waals surface area (Å²) in [4.78, 5) is 14.0. The molecule has 0 bridgehead atoms. The van der Waals surface area contributed by atoms with Gasteiger partial charge in [0.2, 0.25) is 0 Å². The third-order valence-corrected chi connectivity index (χ3v) is 2.72. The van der Waals surface area contributed by atoms with Gasteiger partial charge < -0.3 is 9.88 Å². The minimum absolute atomic E-state index is 0.0137. The first-order valence-corrected chi connectivity index (χ1v) is 5.68. The molecule has 0 saturated heterocycles. The van der Waals surface area contributed by atoms with Crippen molar-refractivity contribution in [3.63, 3.8) is 0 Å². The Labute approximate surface area is 108 Å². The van der Waals surface area contributed by atoms with Gasteiger partial charge in [-0.2, -0.15) is 0 Å². The number of nitro groups is 1. The topological polar surface area (TPSA) is 73.0 Å². The monoisotopic (exact) mass is 266 g/mol. The van der Waals surface area contributed by atoms with Crippen molar-refractivity contribution in [1.29, 1.82) is 0 Å². The van der Waals surface area contributed by atoms with Gasteiger partial charge in [-0.3, -0.25) is 10.1 Å². The summed E-state index contributed by atoms with van der Waals surface area (Å²) in [5.74, 6) is 0. The normalized spacial score (nSPS) is 10.3. The Kier molecular flexibility index (Phi) is 3.78. The molecular weight excluding hydrogens is 256 g/mol. The number of nitro benzene ring substituents is 1. The number of rotatable bonds is 5. The maximum atomic E-state index is 10.6. The highest BCUT2D eigenvalue weighted by Crippen LogP contribution is 2.26. The van der Waals surface area contributed by atoms with Gasteiger partial charge in [0.15, 0.2) is 0 Å². The van der Waals surface area contributed by atoms with Crippen molar-refractivity contribution >= 4 is 23.0 Å². The zero-order valence-electron chi connectivity index (χ0n) is 9.41. The van der Waals surface area contributed by atoms with Crippen LogP contribution in [-0.2, 0) is 6.54 Å². The molecule has 1 heterocycles. The number of halogens is 1. The van der Waals surface area contributed by atoms with Crippen molar-refractivity contribution in [2.45, 2.75) is 6.54 Å². The fourth-order valence-electron chi connectivity index (χ4n) is 1.50. The Morgan fingerprint density at radius 1 is 1.50 bits per heavy atom. The van der Waals surface area contributed by atoms with Gasteiger partial charge in [0.05, 0.1) is 22.0 Å². The summed E-state index contributed by atoms with van der Waals surface area (Å²) in [7, 11) is 0. The van der Waals surface area contributed by atoms with Crippen LogP contribution in [0.5, 0.6) is 0 Å². The molecule has 6 nitrogen and oxygen atoms in total. The number of imidazole rings is 1. The van der Waals surface area contributed by atoms with Gasteiger partial charge in [-0.15, -0.1) is 0 Å². The Balaban J connectivity index is 1.95. The van der Waals surface area contributed by atoms with Crippen molar-refractivity contribution in [1.82, 2.24) is 9.55 Å². The van der Waals surface area contributed by atoms with Crippen LogP contribution in [0.3, 0.4) is 0 Å². The quantitative estimate of drug-likeness (QED) is 0.667. The molecule has 0 amide bonds. The van der Waals surface area contributed by atoms with Gasteiger partial charge in [-0.25, -0.2) is 4.98 Å². The fraction of sp³-hybridized carbons (Fsp3) is 0.182. The number of hydrogen-bond acceptors (Lipinski definition) is 4. The lowest BCUT2D eigenvalue weighted by molar-refractivity contribution is -0.384. The summed E-state index contributed by atoms with van der Waals surface area (Å²) in [6.45, 7) is 1.40. The molecule has 2 aromatic rings. The van der Waals surface area contributed by atoms with Crippen LogP contribution in [0.2, 0.25) is 5.02 Å². The van der Waals surface area contributed by atoms with Gasteiger partial charge in [0.25, 0.3) is 5.69 Å². The third-order valence-electron chi connectivity index (χ3n) is 2.41. The number of benzene rings is 1. The molecule has 1 aromatic carbocycles. The molecule has 0 saturated carbocycles. The predicted molar refractivity (Wildman–Crippen MR) is 68.8 cm³/mol. The standard InChI is InChI=1S/C11H11ClN4O2/c12-10-7-9(16(17)18)1-2-11(10)14-4-6-15-5-3-13-8-15/h1-3,5,7-8,14H,4,6H2. The average molecular weight is 267 g/mol. The van der Waals surface area contributed by atoms with Gasteiger partial charge >= 0.3 is 0 Å². The first-order chi connectivity index (χ1) is 8.66. The van der Waals surface area contributed by atoms with E-state index in [1.807, 2.05) is 10.8 Å². The second kappa shape index (κ2) is 5.50. The molecule has 0 atom stereocenters. The highest BCUT2D eigenvalue weighted by molar-refractivity contribution is 6.33. The number of anilines is 1. The summed E-state index contributed by atoms with van der Waals surface area (Å²) in [5, 5.41) is 14.0. The van der Waals surface area contributed by atoms with E-state index in [2.05, 4.69) is 10.3 Å². The van der Waals surface area contributed by atoms with Crippen molar-refractivity contribution in [2.75, 3.05) is 11.9 Å². The van der Waals surface area contributed by atoms with E-state index in [0.717, 1.165) is 6.54 Å². The van der Waals surface area contributed by atoms with E-state index in [0.29, 0.717) is 17.3 Å².